The van der Waals surface area contributed by atoms with Crippen LogP contribution in [0.15, 0.2) is 18.3 Å². The Morgan fingerprint density at radius 2 is 2.32 bits per heavy atom. The van der Waals surface area contributed by atoms with Crippen LogP contribution < -0.4 is 15.5 Å². The fourth-order valence-electron chi connectivity index (χ4n) is 2.51. The molecule has 0 saturated carbocycles. The molecule has 6 heteroatoms. The molecule has 0 radical (unpaired) electrons. The Morgan fingerprint density at radius 3 is 3.05 bits per heavy atom. The molecule has 1 fully saturated rings. The maximum atomic E-state index is 4.64. The average molecular weight is 260 g/mol. The molecule has 2 aromatic rings. The SMILES string of the molecule is CCNc1cn2nc(N3CC[C@H](NC)C3)ccc2n1. The molecule has 1 aliphatic heterocycles. The van der Waals surface area contributed by atoms with Gasteiger partial charge in [0.2, 0.25) is 0 Å². The molecule has 0 amide bonds. The first kappa shape index (κ1) is 12.2. The van der Waals surface area contributed by atoms with Crippen molar-refractivity contribution in [3.8, 4) is 0 Å². The lowest BCUT2D eigenvalue weighted by molar-refractivity contribution is 0.616. The predicted molar refractivity (Wildman–Crippen MR) is 76.8 cm³/mol. The van der Waals surface area contributed by atoms with Crippen LogP contribution in [-0.4, -0.2) is 47.3 Å². The summed E-state index contributed by atoms with van der Waals surface area (Å²) in [6.07, 6.45) is 3.11. The highest BCUT2D eigenvalue weighted by Crippen LogP contribution is 2.19. The first-order valence-electron chi connectivity index (χ1n) is 6.82. The van der Waals surface area contributed by atoms with Crippen LogP contribution in [0.5, 0.6) is 0 Å². The molecule has 102 valence electrons. The summed E-state index contributed by atoms with van der Waals surface area (Å²) in [5, 5.41) is 11.2. The summed E-state index contributed by atoms with van der Waals surface area (Å²) in [4.78, 5) is 6.77. The van der Waals surface area contributed by atoms with Crippen LogP contribution in [-0.2, 0) is 0 Å². The van der Waals surface area contributed by atoms with Crippen LogP contribution in [0.25, 0.3) is 5.65 Å². The summed E-state index contributed by atoms with van der Waals surface area (Å²) in [7, 11) is 2.02. The van der Waals surface area contributed by atoms with Gasteiger partial charge in [-0.15, -0.1) is 5.10 Å². The van der Waals surface area contributed by atoms with Gasteiger partial charge in [0.05, 0.1) is 6.20 Å². The standard InChI is InChI=1S/C13H20N6/c1-3-15-11-9-19-12(16-11)4-5-13(17-19)18-7-6-10(8-18)14-2/h4-5,9-10,14-15H,3,6-8H2,1-2H3/t10-/m0/s1. The third kappa shape index (κ3) is 2.35. The molecule has 0 bridgehead atoms. The van der Waals surface area contributed by atoms with Crippen LogP contribution in [0.2, 0.25) is 0 Å². The van der Waals surface area contributed by atoms with E-state index in [1.165, 1.54) is 6.42 Å². The zero-order valence-corrected chi connectivity index (χ0v) is 11.4. The van der Waals surface area contributed by atoms with E-state index in [9.17, 15) is 0 Å². The van der Waals surface area contributed by atoms with Crippen molar-refractivity contribution >= 4 is 17.3 Å². The maximum absolute atomic E-state index is 4.64. The molecule has 1 aliphatic rings. The van der Waals surface area contributed by atoms with Crippen molar-refractivity contribution in [3.05, 3.63) is 18.3 Å². The van der Waals surface area contributed by atoms with Gasteiger partial charge in [-0.25, -0.2) is 9.50 Å². The number of hydrogen-bond acceptors (Lipinski definition) is 5. The zero-order chi connectivity index (χ0) is 13.2. The van der Waals surface area contributed by atoms with Crippen molar-refractivity contribution in [1.29, 1.82) is 0 Å². The summed E-state index contributed by atoms with van der Waals surface area (Å²) in [5.41, 5.74) is 0.879. The Morgan fingerprint density at radius 1 is 1.42 bits per heavy atom. The van der Waals surface area contributed by atoms with Crippen molar-refractivity contribution in [3.63, 3.8) is 0 Å². The first-order chi connectivity index (χ1) is 9.30. The van der Waals surface area contributed by atoms with Crippen molar-refractivity contribution in [2.45, 2.75) is 19.4 Å². The lowest BCUT2D eigenvalue weighted by atomic mass is 10.3. The van der Waals surface area contributed by atoms with Gasteiger partial charge in [-0.1, -0.05) is 0 Å². The van der Waals surface area contributed by atoms with E-state index in [0.717, 1.165) is 36.9 Å². The van der Waals surface area contributed by atoms with E-state index in [-0.39, 0.29) is 0 Å². The number of nitrogens with one attached hydrogen (secondary N) is 2. The highest BCUT2D eigenvalue weighted by atomic mass is 15.3. The van der Waals surface area contributed by atoms with E-state index in [2.05, 4.69) is 38.6 Å². The quantitative estimate of drug-likeness (QED) is 0.857. The summed E-state index contributed by atoms with van der Waals surface area (Å²) in [6, 6.07) is 4.64. The molecular weight excluding hydrogens is 240 g/mol. The highest BCUT2D eigenvalue weighted by Gasteiger charge is 2.22. The van der Waals surface area contributed by atoms with Gasteiger partial charge < -0.3 is 15.5 Å². The number of nitrogens with zero attached hydrogens (tertiary/aromatic N) is 4. The molecular formula is C13H20N6. The van der Waals surface area contributed by atoms with Gasteiger partial charge in [0.25, 0.3) is 0 Å². The second kappa shape index (κ2) is 5.05. The molecule has 0 unspecified atom stereocenters. The minimum atomic E-state index is 0.567. The van der Waals surface area contributed by atoms with Crippen LogP contribution in [0.3, 0.4) is 0 Å². The molecule has 1 saturated heterocycles. The minimum absolute atomic E-state index is 0.567. The second-order valence-corrected chi connectivity index (χ2v) is 4.87. The maximum Gasteiger partial charge on any atom is 0.156 e. The topological polar surface area (TPSA) is 57.5 Å². The van der Waals surface area contributed by atoms with Gasteiger partial charge >= 0.3 is 0 Å². The molecule has 3 heterocycles. The summed E-state index contributed by atoms with van der Waals surface area (Å²) in [5.74, 6) is 1.90. The number of imidazole rings is 1. The predicted octanol–water partition coefficient (Wildman–Crippen LogP) is 0.959. The second-order valence-electron chi connectivity index (χ2n) is 4.87. The Hall–Kier alpha value is -1.82. The molecule has 0 aromatic carbocycles. The normalized spacial score (nSPS) is 19.3. The molecule has 0 aliphatic carbocycles. The Balaban J connectivity index is 1.85. The number of anilines is 2. The van der Waals surface area contributed by atoms with E-state index in [0.29, 0.717) is 6.04 Å². The third-order valence-corrected chi connectivity index (χ3v) is 3.58. The molecule has 19 heavy (non-hydrogen) atoms. The number of fused-ring (bicyclic) bond motifs is 1. The number of likely N-dealkylation sites (N-methyl/N-ethyl adjacent to an activating group) is 1. The molecule has 1 atom stereocenters. The monoisotopic (exact) mass is 260 g/mol. The molecule has 3 rings (SSSR count). The summed E-state index contributed by atoms with van der Waals surface area (Å²) >= 11 is 0. The van der Waals surface area contributed by atoms with Gasteiger partial charge in [0.15, 0.2) is 5.65 Å². The molecule has 2 N–H and O–H groups in total. The van der Waals surface area contributed by atoms with Crippen molar-refractivity contribution in [2.24, 2.45) is 0 Å². The largest absolute Gasteiger partial charge is 0.369 e. The van der Waals surface area contributed by atoms with Crippen LogP contribution >= 0.6 is 0 Å². The molecule has 6 nitrogen and oxygen atoms in total. The van der Waals surface area contributed by atoms with Crippen molar-refractivity contribution in [2.75, 3.05) is 36.9 Å². The highest BCUT2D eigenvalue weighted by molar-refractivity contribution is 5.51. The van der Waals surface area contributed by atoms with E-state index in [1.54, 1.807) is 0 Å². The number of aromatic nitrogens is 3. The fourth-order valence-corrected chi connectivity index (χ4v) is 2.51. The number of hydrogen-bond donors (Lipinski definition) is 2. The lowest BCUT2D eigenvalue weighted by Gasteiger charge is -2.16. The summed E-state index contributed by atoms with van der Waals surface area (Å²) in [6.45, 7) is 5.00. The minimum Gasteiger partial charge on any atom is -0.369 e. The van der Waals surface area contributed by atoms with Gasteiger partial charge in [0, 0.05) is 25.7 Å². The van der Waals surface area contributed by atoms with E-state index in [1.807, 2.05) is 23.8 Å². The van der Waals surface area contributed by atoms with Crippen LogP contribution in [0.1, 0.15) is 13.3 Å². The molecule has 2 aromatic heterocycles. The van der Waals surface area contributed by atoms with Crippen LogP contribution in [0, 0.1) is 0 Å². The summed E-state index contributed by atoms with van der Waals surface area (Å²) < 4.78 is 1.85. The van der Waals surface area contributed by atoms with E-state index in [4.69, 9.17) is 0 Å². The van der Waals surface area contributed by atoms with Gasteiger partial charge in [0.1, 0.15) is 11.6 Å². The number of rotatable bonds is 4. The first-order valence-corrected chi connectivity index (χ1v) is 6.82. The van der Waals surface area contributed by atoms with E-state index < -0.39 is 0 Å². The lowest BCUT2D eigenvalue weighted by Crippen LogP contribution is -2.30. The van der Waals surface area contributed by atoms with Crippen molar-refractivity contribution in [1.82, 2.24) is 19.9 Å². The molecule has 0 spiro atoms. The van der Waals surface area contributed by atoms with Gasteiger partial charge in [-0.2, -0.15) is 0 Å². The fraction of sp³-hybridized carbons (Fsp3) is 0.538. The smallest absolute Gasteiger partial charge is 0.156 e. The van der Waals surface area contributed by atoms with Crippen molar-refractivity contribution < 1.29 is 0 Å². The van der Waals surface area contributed by atoms with E-state index >= 15 is 0 Å². The Kier molecular flexibility index (Phi) is 3.25. The van der Waals surface area contributed by atoms with Gasteiger partial charge in [-0.3, -0.25) is 0 Å². The Labute approximate surface area is 112 Å². The third-order valence-electron chi connectivity index (χ3n) is 3.58. The zero-order valence-electron chi connectivity index (χ0n) is 11.4. The van der Waals surface area contributed by atoms with Gasteiger partial charge in [-0.05, 0) is 32.5 Å². The van der Waals surface area contributed by atoms with Crippen LogP contribution in [0.4, 0.5) is 11.6 Å². The average Bonchev–Trinajstić information content (AvgIpc) is 3.04. The Bertz CT molecular complexity index is 563.